The highest BCUT2D eigenvalue weighted by molar-refractivity contribution is 5.84. The molecule has 0 bridgehead atoms. The molecule has 2 aromatic heterocycles. The fourth-order valence-corrected chi connectivity index (χ4v) is 3.38. The number of hydrogen-bond acceptors (Lipinski definition) is 5. The molecule has 0 aliphatic heterocycles. The van der Waals surface area contributed by atoms with Gasteiger partial charge in [0.2, 0.25) is 11.8 Å². The number of alkyl halides is 3. The third-order valence-corrected chi connectivity index (χ3v) is 4.96. The van der Waals surface area contributed by atoms with Crippen molar-refractivity contribution in [2.45, 2.75) is 31.5 Å². The maximum atomic E-state index is 12.7. The van der Waals surface area contributed by atoms with E-state index >= 15 is 0 Å². The molecule has 1 aliphatic rings. The maximum Gasteiger partial charge on any atom is 0.422 e. The topological polar surface area (TPSA) is 77.0 Å². The fraction of sp³-hybridized carbons (Fsp3) is 0.333. The molecule has 156 valence electrons. The summed E-state index contributed by atoms with van der Waals surface area (Å²) in [5.74, 6) is -0.664. The Balaban J connectivity index is 1.41. The van der Waals surface area contributed by atoms with Crippen molar-refractivity contribution < 1.29 is 22.7 Å². The summed E-state index contributed by atoms with van der Waals surface area (Å²) >= 11 is 0. The lowest BCUT2D eigenvalue weighted by atomic mass is 10.1. The summed E-state index contributed by atoms with van der Waals surface area (Å²) in [6.07, 6.45) is -1.24. The largest absolute Gasteiger partial charge is 0.467 e. The van der Waals surface area contributed by atoms with Crippen LogP contribution in [-0.2, 0) is 4.79 Å². The molecule has 30 heavy (non-hydrogen) atoms. The molecule has 1 aliphatic carbocycles. The summed E-state index contributed by atoms with van der Waals surface area (Å²) < 4.78 is 42.1. The third kappa shape index (κ3) is 4.50. The van der Waals surface area contributed by atoms with Gasteiger partial charge in [0.1, 0.15) is 5.69 Å². The van der Waals surface area contributed by atoms with Crippen LogP contribution in [0.4, 0.5) is 13.2 Å². The Morgan fingerprint density at radius 3 is 2.77 bits per heavy atom. The number of fused-ring (bicyclic) bond motifs is 1. The van der Waals surface area contributed by atoms with Gasteiger partial charge in [-0.05, 0) is 25.5 Å². The lowest BCUT2D eigenvalue weighted by Crippen LogP contribution is -2.30. The summed E-state index contributed by atoms with van der Waals surface area (Å²) in [6.45, 7) is 0.158. The number of ether oxygens (including phenoxy) is 1. The lowest BCUT2D eigenvalue weighted by Gasteiger charge is -2.17. The molecule has 9 heteroatoms. The second-order valence-corrected chi connectivity index (χ2v) is 7.26. The Hall–Kier alpha value is -3.23. The van der Waals surface area contributed by atoms with Crippen molar-refractivity contribution in [3.8, 4) is 5.88 Å². The minimum absolute atomic E-state index is 0.0182. The summed E-state index contributed by atoms with van der Waals surface area (Å²) in [5, 5.41) is 3.84. The lowest BCUT2D eigenvalue weighted by molar-refractivity contribution is -0.154. The molecule has 0 saturated heterocycles. The van der Waals surface area contributed by atoms with E-state index in [9.17, 15) is 18.0 Å². The Morgan fingerprint density at radius 2 is 1.97 bits per heavy atom. The first-order valence-electron chi connectivity index (χ1n) is 9.48. The Kier molecular flexibility index (Phi) is 5.27. The van der Waals surface area contributed by atoms with Gasteiger partial charge in [-0.25, -0.2) is 4.98 Å². The normalized spacial score (nSPS) is 19.3. The number of hydrogen-bond donors (Lipinski definition) is 1. The Morgan fingerprint density at radius 1 is 1.20 bits per heavy atom. The quantitative estimate of drug-likeness (QED) is 0.659. The van der Waals surface area contributed by atoms with E-state index < -0.39 is 18.8 Å². The molecule has 6 nitrogen and oxygen atoms in total. The fourth-order valence-electron chi connectivity index (χ4n) is 3.38. The monoisotopic (exact) mass is 416 g/mol. The van der Waals surface area contributed by atoms with Crippen molar-refractivity contribution in [2.24, 2.45) is 5.92 Å². The van der Waals surface area contributed by atoms with Crippen LogP contribution in [0.1, 0.15) is 36.7 Å². The third-order valence-electron chi connectivity index (χ3n) is 4.96. The second-order valence-electron chi connectivity index (χ2n) is 7.26. The molecular formula is C21H19F3N4O2. The van der Waals surface area contributed by atoms with Crippen LogP contribution in [0.15, 0.2) is 48.8 Å². The van der Waals surface area contributed by atoms with Crippen molar-refractivity contribution >= 4 is 16.8 Å². The standard InChI is InChI=1S/C21H19F3N4O2/c1-12(18-20(26-9-8-25-18)30-11-21(22,23)24)27-19(29)15-10-14(15)17-7-6-13-4-2-3-5-16(13)28-17/h2-9,12,14-15H,10-11H2,1H3,(H,27,29)/t12-,14?,15?/m1/s1. The van der Waals surface area contributed by atoms with Crippen LogP contribution in [0.5, 0.6) is 5.88 Å². The number of carbonyl (C=O) groups is 1. The highest BCUT2D eigenvalue weighted by Gasteiger charge is 2.45. The number of para-hydroxylation sites is 1. The van der Waals surface area contributed by atoms with E-state index in [1.807, 2.05) is 36.4 Å². The Bertz CT molecular complexity index is 1070. The van der Waals surface area contributed by atoms with Gasteiger partial charge in [-0.1, -0.05) is 24.3 Å². The van der Waals surface area contributed by atoms with Gasteiger partial charge in [0, 0.05) is 35.3 Å². The zero-order valence-electron chi connectivity index (χ0n) is 16.1. The van der Waals surface area contributed by atoms with Gasteiger partial charge >= 0.3 is 6.18 Å². The minimum atomic E-state index is -4.49. The van der Waals surface area contributed by atoms with Crippen LogP contribution < -0.4 is 10.1 Å². The minimum Gasteiger partial charge on any atom is -0.467 e. The molecule has 4 rings (SSSR count). The van der Waals surface area contributed by atoms with Gasteiger partial charge in [0.25, 0.3) is 0 Å². The average molecular weight is 416 g/mol. The van der Waals surface area contributed by atoms with E-state index in [0.717, 1.165) is 16.6 Å². The molecule has 1 fully saturated rings. The van der Waals surface area contributed by atoms with Crippen molar-refractivity contribution in [3.05, 3.63) is 60.2 Å². The number of aromatic nitrogens is 3. The predicted octanol–water partition coefficient (Wildman–Crippen LogP) is 3.95. The van der Waals surface area contributed by atoms with E-state index in [2.05, 4.69) is 20.3 Å². The van der Waals surface area contributed by atoms with Crippen LogP contribution in [0.2, 0.25) is 0 Å². The van der Waals surface area contributed by atoms with Crippen LogP contribution in [0.3, 0.4) is 0 Å². The van der Waals surface area contributed by atoms with E-state index in [-0.39, 0.29) is 29.3 Å². The predicted molar refractivity (Wildman–Crippen MR) is 103 cm³/mol. The van der Waals surface area contributed by atoms with E-state index in [4.69, 9.17) is 4.74 Å². The first-order valence-corrected chi connectivity index (χ1v) is 9.48. The number of rotatable bonds is 6. The van der Waals surface area contributed by atoms with Gasteiger partial charge in [-0.15, -0.1) is 0 Å². The first-order chi connectivity index (χ1) is 14.3. The number of nitrogens with one attached hydrogen (secondary N) is 1. The zero-order valence-corrected chi connectivity index (χ0v) is 16.1. The average Bonchev–Trinajstić information content (AvgIpc) is 3.52. The van der Waals surface area contributed by atoms with Crippen LogP contribution in [0.25, 0.3) is 10.9 Å². The van der Waals surface area contributed by atoms with E-state index in [0.29, 0.717) is 6.42 Å². The van der Waals surface area contributed by atoms with Crippen molar-refractivity contribution in [1.29, 1.82) is 0 Å². The van der Waals surface area contributed by atoms with Gasteiger partial charge < -0.3 is 10.1 Å². The Labute approximate surface area is 170 Å². The SMILES string of the molecule is C[C@@H](NC(=O)C1CC1c1ccc2ccccc2n1)c1nccnc1OCC(F)(F)F. The first kappa shape index (κ1) is 20.1. The highest BCUT2D eigenvalue weighted by Crippen LogP contribution is 2.47. The van der Waals surface area contributed by atoms with Crippen molar-refractivity contribution in [2.75, 3.05) is 6.61 Å². The molecular weight excluding hydrogens is 397 g/mol. The molecule has 1 aromatic carbocycles. The van der Waals surface area contributed by atoms with Crippen LogP contribution in [0, 0.1) is 5.92 Å². The van der Waals surface area contributed by atoms with Crippen LogP contribution >= 0.6 is 0 Å². The number of halogens is 3. The maximum absolute atomic E-state index is 12.7. The van der Waals surface area contributed by atoms with Gasteiger partial charge in [-0.3, -0.25) is 14.8 Å². The van der Waals surface area contributed by atoms with E-state index in [1.165, 1.54) is 12.4 Å². The number of pyridine rings is 1. The van der Waals surface area contributed by atoms with E-state index in [1.54, 1.807) is 6.92 Å². The highest BCUT2D eigenvalue weighted by atomic mass is 19.4. The molecule has 2 unspecified atom stereocenters. The van der Waals surface area contributed by atoms with Gasteiger partial charge in [0.05, 0.1) is 11.6 Å². The summed E-state index contributed by atoms with van der Waals surface area (Å²) in [7, 11) is 0. The number of amides is 1. The smallest absolute Gasteiger partial charge is 0.422 e. The molecule has 3 aromatic rings. The van der Waals surface area contributed by atoms with Gasteiger partial charge in [-0.2, -0.15) is 13.2 Å². The molecule has 3 atom stereocenters. The summed E-state index contributed by atoms with van der Waals surface area (Å²) in [5.41, 5.74) is 1.88. The number of benzene rings is 1. The molecule has 2 heterocycles. The number of carbonyl (C=O) groups excluding carboxylic acids is 1. The molecule has 1 saturated carbocycles. The molecule has 0 spiro atoms. The summed E-state index contributed by atoms with van der Waals surface area (Å²) in [6, 6.07) is 11.0. The van der Waals surface area contributed by atoms with Crippen LogP contribution in [-0.4, -0.2) is 33.6 Å². The summed E-state index contributed by atoms with van der Waals surface area (Å²) in [4.78, 5) is 25.2. The van der Waals surface area contributed by atoms with Crippen molar-refractivity contribution in [1.82, 2.24) is 20.3 Å². The molecule has 1 N–H and O–H groups in total. The second kappa shape index (κ2) is 7.89. The molecule has 0 radical (unpaired) electrons. The number of nitrogens with zero attached hydrogens (tertiary/aromatic N) is 3. The molecule has 1 amide bonds. The zero-order chi connectivity index (χ0) is 21.3. The van der Waals surface area contributed by atoms with Crippen molar-refractivity contribution in [3.63, 3.8) is 0 Å². The van der Waals surface area contributed by atoms with Gasteiger partial charge in [0.15, 0.2) is 6.61 Å².